The van der Waals surface area contributed by atoms with Crippen LogP contribution in [-0.4, -0.2) is 17.5 Å². The number of benzene rings is 2. The van der Waals surface area contributed by atoms with Gasteiger partial charge in [-0.2, -0.15) is 0 Å². The largest absolute Gasteiger partial charge is 0.494 e. The number of aryl methyl sites for hydroxylation is 1. The standard InChI is InChI=1S/C24H28N2O3/c1-6-29-20-10-8-19(9-11-20)26(23(28)24(3,4)5)15-18-14-17-13-16(2)7-12-21(17)25-22(18)27/h7-14H,6,15H2,1-5H3,(H,25,27). The number of carbonyl (C=O) groups is 1. The number of hydrogen-bond donors (Lipinski definition) is 1. The SMILES string of the molecule is CCOc1ccc(N(Cc2cc3cc(C)ccc3[nH]c2=O)C(=O)C(C)(C)C)cc1. The lowest BCUT2D eigenvalue weighted by Crippen LogP contribution is -2.40. The molecule has 5 nitrogen and oxygen atoms in total. The number of fused-ring (bicyclic) bond motifs is 1. The number of nitrogens with one attached hydrogen (secondary N) is 1. The van der Waals surface area contributed by atoms with Crippen LogP contribution in [0.25, 0.3) is 10.9 Å². The molecule has 29 heavy (non-hydrogen) atoms. The maximum Gasteiger partial charge on any atom is 0.253 e. The van der Waals surface area contributed by atoms with Gasteiger partial charge < -0.3 is 14.6 Å². The van der Waals surface area contributed by atoms with Gasteiger partial charge in [0, 0.05) is 22.2 Å². The molecule has 1 aromatic heterocycles. The van der Waals surface area contributed by atoms with E-state index in [9.17, 15) is 9.59 Å². The van der Waals surface area contributed by atoms with E-state index in [1.165, 1.54) is 0 Å². The lowest BCUT2D eigenvalue weighted by Gasteiger charge is -2.29. The van der Waals surface area contributed by atoms with Gasteiger partial charge in [-0.1, -0.05) is 32.4 Å². The highest BCUT2D eigenvalue weighted by atomic mass is 16.5. The van der Waals surface area contributed by atoms with E-state index in [-0.39, 0.29) is 18.0 Å². The van der Waals surface area contributed by atoms with Crippen molar-refractivity contribution in [1.82, 2.24) is 4.98 Å². The van der Waals surface area contributed by atoms with E-state index in [0.29, 0.717) is 12.2 Å². The summed E-state index contributed by atoms with van der Waals surface area (Å²) in [6.45, 7) is 10.4. The van der Waals surface area contributed by atoms with Gasteiger partial charge in [0.15, 0.2) is 0 Å². The van der Waals surface area contributed by atoms with E-state index in [1.807, 2.05) is 83.1 Å². The Morgan fingerprint density at radius 1 is 1.07 bits per heavy atom. The minimum atomic E-state index is -0.585. The topological polar surface area (TPSA) is 62.4 Å². The van der Waals surface area contributed by atoms with Crippen molar-refractivity contribution in [3.63, 3.8) is 0 Å². The van der Waals surface area contributed by atoms with Crippen molar-refractivity contribution >= 4 is 22.5 Å². The summed E-state index contributed by atoms with van der Waals surface area (Å²) in [5, 5.41) is 0.953. The molecular weight excluding hydrogens is 364 g/mol. The van der Waals surface area contributed by atoms with Gasteiger partial charge in [0.1, 0.15) is 5.75 Å². The molecule has 0 saturated carbocycles. The van der Waals surface area contributed by atoms with Crippen LogP contribution in [0, 0.1) is 12.3 Å². The highest BCUT2D eigenvalue weighted by Gasteiger charge is 2.29. The van der Waals surface area contributed by atoms with E-state index >= 15 is 0 Å². The Morgan fingerprint density at radius 2 is 1.76 bits per heavy atom. The Morgan fingerprint density at radius 3 is 2.38 bits per heavy atom. The molecule has 152 valence electrons. The van der Waals surface area contributed by atoms with Crippen molar-refractivity contribution < 1.29 is 9.53 Å². The summed E-state index contributed by atoms with van der Waals surface area (Å²) < 4.78 is 5.51. The number of H-pyrrole nitrogens is 1. The van der Waals surface area contributed by atoms with Crippen molar-refractivity contribution in [2.45, 2.75) is 41.2 Å². The third-order valence-corrected chi connectivity index (χ3v) is 4.75. The van der Waals surface area contributed by atoms with Gasteiger partial charge in [0.2, 0.25) is 5.91 Å². The summed E-state index contributed by atoms with van der Waals surface area (Å²) in [5.74, 6) is 0.698. The first-order valence-electron chi connectivity index (χ1n) is 9.86. The van der Waals surface area contributed by atoms with Crippen molar-refractivity contribution in [3.8, 4) is 5.75 Å². The van der Waals surface area contributed by atoms with Gasteiger partial charge in [-0.3, -0.25) is 9.59 Å². The molecular formula is C24H28N2O3. The number of pyridine rings is 1. The molecule has 1 amide bonds. The number of rotatable bonds is 5. The minimum Gasteiger partial charge on any atom is -0.494 e. The molecule has 0 saturated heterocycles. The van der Waals surface area contributed by atoms with Crippen LogP contribution in [0.15, 0.2) is 53.3 Å². The minimum absolute atomic E-state index is 0.0506. The van der Waals surface area contributed by atoms with E-state index in [0.717, 1.165) is 27.9 Å². The van der Waals surface area contributed by atoms with Crippen LogP contribution in [-0.2, 0) is 11.3 Å². The monoisotopic (exact) mass is 392 g/mol. The normalized spacial score (nSPS) is 11.5. The molecule has 0 bridgehead atoms. The summed E-state index contributed by atoms with van der Waals surface area (Å²) in [5.41, 5.74) is 2.42. The maximum atomic E-state index is 13.2. The van der Waals surface area contributed by atoms with Crippen molar-refractivity contribution in [3.05, 3.63) is 70.0 Å². The Bertz CT molecular complexity index is 1080. The highest BCUT2D eigenvalue weighted by Crippen LogP contribution is 2.27. The third kappa shape index (κ3) is 4.67. The molecule has 0 aliphatic rings. The fourth-order valence-corrected chi connectivity index (χ4v) is 3.23. The van der Waals surface area contributed by atoms with Crippen molar-refractivity contribution in [2.75, 3.05) is 11.5 Å². The summed E-state index contributed by atoms with van der Waals surface area (Å²) in [6, 6.07) is 15.2. The second-order valence-corrected chi connectivity index (χ2v) is 8.28. The van der Waals surface area contributed by atoms with Crippen LogP contribution >= 0.6 is 0 Å². The predicted molar refractivity (Wildman–Crippen MR) is 118 cm³/mol. The van der Waals surface area contributed by atoms with Gasteiger partial charge in [0.05, 0.1) is 13.2 Å². The van der Waals surface area contributed by atoms with Crippen LogP contribution in [0.2, 0.25) is 0 Å². The first-order valence-corrected chi connectivity index (χ1v) is 9.86. The van der Waals surface area contributed by atoms with Gasteiger partial charge in [-0.15, -0.1) is 0 Å². The molecule has 2 aromatic carbocycles. The van der Waals surface area contributed by atoms with Gasteiger partial charge >= 0.3 is 0 Å². The number of aromatic amines is 1. The molecule has 5 heteroatoms. The van der Waals surface area contributed by atoms with E-state index in [2.05, 4.69) is 4.98 Å². The number of aromatic nitrogens is 1. The van der Waals surface area contributed by atoms with Crippen LogP contribution < -0.4 is 15.2 Å². The van der Waals surface area contributed by atoms with Crippen LogP contribution in [0.5, 0.6) is 5.75 Å². The molecule has 0 unspecified atom stereocenters. The van der Waals surface area contributed by atoms with Gasteiger partial charge in [-0.25, -0.2) is 0 Å². The number of nitrogens with zero attached hydrogens (tertiary/aromatic N) is 1. The van der Waals surface area contributed by atoms with Crippen LogP contribution in [0.3, 0.4) is 0 Å². The Kier molecular flexibility index (Phi) is 5.78. The molecule has 0 atom stereocenters. The van der Waals surface area contributed by atoms with E-state index in [1.54, 1.807) is 4.90 Å². The highest BCUT2D eigenvalue weighted by molar-refractivity contribution is 5.97. The lowest BCUT2D eigenvalue weighted by atomic mass is 9.94. The number of hydrogen-bond acceptors (Lipinski definition) is 3. The summed E-state index contributed by atoms with van der Waals surface area (Å²) in [7, 11) is 0. The zero-order valence-electron chi connectivity index (χ0n) is 17.7. The summed E-state index contributed by atoms with van der Waals surface area (Å²) in [6.07, 6.45) is 0. The molecule has 0 fully saturated rings. The molecule has 0 radical (unpaired) electrons. The van der Waals surface area contributed by atoms with E-state index in [4.69, 9.17) is 4.74 Å². The molecule has 1 N–H and O–H groups in total. The Labute approximate surface area is 171 Å². The first kappa shape index (κ1) is 20.6. The second-order valence-electron chi connectivity index (χ2n) is 8.28. The first-order chi connectivity index (χ1) is 13.7. The molecule has 3 aromatic rings. The summed E-state index contributed by atoms with van der Waals surface area (Å²) >= 11 is 0. The number of ether oxygens (including phenoxy) is 1. The average Bonchev–Trinajstić information content (AvgIpc) is 2.66. The van der Waals surface area contributed by atoms with Crippen LogP contribution in [0.1, 0.15) is 38.8 Å². The molecule has 0 aliphatic heterocycles. The molecule has 3 rings (SSSR count). The lowest BCUT2D eigenvalue weighted by molar-refractivity contribution is -0.125. The quantitative estimate of drug-likeness (QED) is 0.677. The number of carbonyl (C=O) groups excluding carboxylic acids is 1. The smallest absolute Gasteiger partial charge is 0.253 e. The fraction of sp³-hybridized carbons (Fsp3) is 0.333. The second kappa shape index (κ2) is 8.11. The molecule has 0 aliphatic carbocycles. The molecule has 1 heterocycles. The van der Waals surface area contributed by atoms with Crippen LogP contribution in [0.4, 0.5) is 5.69 Å². The third-order valence-electron chi connectivity index (χ3n) is 4.75. The zero-order valence-corrected chi connectivity index (χ0v) is 17.7. The predicted octanol–water partition coefficient (Wildman–Crippen LogP) is 4.81. The van der Waals surface area contributed by atoms with Crippen molar-refractivity contribution in [1.29, 1.82) is 0 Å². The Hall–Kier alpha value is -3.08. The zero-order chi connectivity index (χ0) is 21.2. The molecule has 0 spiro atoms. The average molecular weight is 392 g/mol. The summed E-state index contributed by atoms with van der Waals surface area (Å²) in [4.78, 5) is 30.5. The van der Waals surface area contributed by atoms with Gasteiger partial charge in [-0.05, 0) is 61.7 Å². The Balaban J connectivity index is 2.03. The number of anilines is 1. The maximum absolute atomic E-state index is 13.2. The van der Waals surface area contributed by atoms with Gasteiger partial charge in [0.25, 0.3) is 5.56 Å². The fourth-order valence-electron chi connectivity index (χ4n) is 3.23. The van der Waals surface area contributed by atoms with Crippen molar-refractivity contribution in [2.24, 2.45) is 5.41 Å². The van der Waals surface area contributed by atoms with E-state index < -0.39 is 5.41 Å². The number of amides is 1.